The average Bonchev–Trinajstić information content (AvgIpc) is 3.09. The second kappa shape index (κ2) is 6.91. The first-order valence-corrected chi connectivity index (χ1v) is 9.97. The number of nitrogens with one attached hydrogen (secondary N) is 2. The molecule has 1 aromatic rings. The fourth-order valence-corrected chi connectivity index (χ4v) is 4.64. The molecule has 0 spiro atoms. The van der Waals surface area contributed by atoms with E-state index in [0.717, 1.165) is 4.90 Å². The van der Waals surface area contributed by atoms with Gasteiger partial charge >= 0.3 is 0 Å². The van der Waals surface area contributed by atoms with Gasteiger partial charge in [0.05, 0.1) is 18.1 Å². The highest BCUT2D eigenvalue weighted by Gasteiger charge is 2.29. The first kappa shape index (κ1) is 18.1. The molecule has 0 aromatic heterocycles. The maximum atomic E-state index is 12.3. The second-order valence-electron chi connectivity index (χ2n) is 6.39. The van der Waals surface area contributed by atoms with Crippen LogP contribution in [-0.4, -0.2) is 55.1 Å². The van der Waals surface area contributed by atoms with Gasteiger partial charge in [0.2, 0.25) is 5.91 Å². The van der Waals surface area contributed by atoms with Gasteiger partial charge in [0.1, 0.15) is 0 Å². The first-order chi connectivity index (χ1) is 12.2. The third-order valence-corrected chi connectivity index (χ3v) is 6.04. The van der Waals surface area contributed by atoms with Crippen LogP contribution in [0.25, 0.3) is 0 Å². The molecule has 26 heavy (non-hydrogen) atoms. The van der Waals surface area contributed by atoms with Gasteiger partial charge < -0.3 is 10.6 Å². The van der Waals surface area contributed by atoms with E-state index in [0.29, 0.717) is 23.4 Å². The monoisotopic (exact) mass is 377 g/mol. The Kier molecular flexibility index (Phi) is 4.82. The zero-order valence-electron chi connectivity index (χ0n) is 14.2. The Labute approximate surface area is 151 Å². The van der Waals surface area contributed by atoms with Crippen molar-refractivity contribution in [2.24, 2.45) is 0 Å². The lowest BCUT2D eigenvalue weighted by atomic mass is 10.1. The van der Waals surface area contributed by atoms with E-state index < -0.39 is 9.84 Å². The minimum atomic E-state index is -3.06. The molecule has 2 heterocycles. The van der Waals surface area contributed by atoms with Gasteiger partial charge in [-0.25, -0.2) is 8.42 Å². The Morgan fingerprint density at radius 1 is 1.27 bits per heavy atom. The number of anilines is 1. The highest BCUT2D eigenvalue weighted by Crippen LogP contribution is 2.18. The van der Waals surface area contributed by atoms with Crippen LogP contribution in [0.4, 0.5) is 5.69 Å². The summed E-state index contributed by atoms with van der Waals surface area (Å²) >= 11 is 0. The third-order valence-electron chi connectivity index (χ3n) is 4.27. The summed E-state index contributed by atoms with van der Waals surface area (Å²) < 4.78 is 23.0. The number of nitrogens with zero attached hydrogens (tertiary/aromatic N) is 1. The molecular weight excluding hydrogens is 358 g/mol. The van der Waals surface area contributed by atoms with Crippen molar-refractivity contribution >= 4 is 33.2 Å². The maximum Gasteiger partial charge on any atom is 0.255 e. The van der Waals surface area contributed by atoms with Gasteiger partial charge in [-0.15, -0.1) is 0 Å². The van der Waals surface area contributed by atoms with Crippen LogP contribution in [0.5, 0.6) is 0 Å². The van der Waals surface area contributed by atoms with Crippen LogP contribution >= 0.6 is 0 Å². The van der Waals surface area contributed by atoms with E-state index in [1.165, 1.54) is 13.0 Å². The van der Waals surface area contributed by atoms with Gasteiger partial charge in [0, 0.05) is 36.0 Å². The zero-order chi connectivity index (χ0) is 18.9. The Hall–Kier alpha value is -2.68. The van der Waals surface area contributed by atoms with Gasteiger partial charge in [0.25, 0.3) is 11.8 Å². The fraction of sp³-hybridized carbons (Fsp3) is 0.353. The van der Waals surface area contributed by atoms with Gasteiger partial charge in [-0.1, -0.05) is 6.07 Å². The van der Waals surface area contributed by atoms with Crippen LogP contribution in [0.1, 0.15) is 23.7 Å². The zero-order valence-corrected chi connectivity index (χ0v) is 15.0. The predicted octanol–water partition coefficient (Wildman–Crippen LogP) is 0.288. The van der Waals surface area contributed by atoms with Crippen molar-refractivity contribution < 1.29 is 22.8 Å². The number of sulfone groups is 1. The number of hydrogen-bond donors (Lipinski definition) is 2. The molecule has 0 aliphatic carbocycles. The molecule has 1 fully saturated rings. The summed E-state index contributed by atoms with van der Waals surface area (Å²) in [6.07, 6.45) is 1.76. The molecule has 2 aliphatic rings. The summed E-state index contributed by atoms with van der Waals surface area (Å²) in [5.74, 6) is -1.00. The van der Waals surface area contributed by atoms with E-state index in [1.54, 1.807) is 24.3 Å². The molecule has 1 saturated heterocycles. The molecule has 2 aliphatic heterocycles. The summed E-state index contributed by atoms with van der Waals surface area (Å²) in [4.78, 5) is 36.5. The lowest BCUT2D eigenvalue weighted by Crippen LogP contribution is -2.35. The Balaban J connectivity index is 1.65. The SMILES string of the molecule is CC(=O)N1CC(Nc2cccc(C(=O)N[C@@H]3CCS(=O)(=O)C3)c2)=CC1=O. The first-order valence-electron chi connectivity index (χ1n) is 8.14. The van der Waals surface area contributed by atoms with E-state index in [-0.39, 0.29) is 41.8 Å². The molecule has 3 rings (SSSR count). The number of carbonyl (C=O) groups is 3. The number of hydrogen-bond acceptors (Lipinski definition) is 6. The quantitative estimate of drug-likeness (QED) is 0.780. The lowest BCUT2D eigenvalue weighted by molar-refractivity contribution is -0.138. The van der Waals surface area contributed by atoms with Crippen LogP contribution in [-0.2, 0) is 19.4 Å². The maximum absolute atomic E-state index is 12.3. The molecule has 8 nitrogen and oxygen atoms in total. The van der Waals surface area contributed by atoms with Crippen LogP contribution in [0.2, 0.25) is 0 Å². The normalized spacial score (nSPS) is 21.4. The molecular formula is C17H19N3O5S. The van der Waals surface area contributed by atoms with Gasteiger partial charge in [-0.05, 0) is 24.6 Å². The van der Waals surface area contributed by atoms with Crippen molar-refractivity contribution in [3.63, 3.8) is 0 Å². The van der Waals surface area contributed by atoms with Gasteiger partial charge in [0.15, 0.2) is 9.84 Å². The average molecular weight is 377 g/mol. The summed E-state index contributed by atoms with van der Waals surface area (Å²) in [5, 5.41) is 5.76. The summed E-state index contributed by atoms with van der Waals surface area (Å²) in [6, 6.07) is 6.28. The molecule has 0 radical (unpaired) electrons. The molecule has 138 valence electrons. The predicted molar refractivity (Wildman–Crippen MR) is 95.1 cm³/mol. The minimum Gasteiger partial charge on any atom is -0.357 e. The van der Waals surface area contributed by atoms with Crippen LogP contribution < -0.4 is 10.6 Å². The smallest absolute Gasteiger partial charge is 0.255 e. The van der Waals surface area contributed by atoms with Crippen LogP contribution in [0, 0.1) is 0 Å². The van der Waals surface area contributed by atoms with E-state index in [1.807, 2.05) is 0 Å². The van der Waals surface area contributed by atoms with Crippen molar-refractivity contribution in [3.05, 3.63) is 41.6 Å². The number of amides is 3. The van der Waals surface area contributed by atoms with Crippen LogP contribution in [0.15, 0.2) is 36.0 Å². The number of imide groups is 1. The number of benzene rings is 1. The highest BCUT2D eigenvalue weighted by molar-refractivity contribution is 7.91. The molecule has 9 heteroatoms. The molecule has 2 N–H and O–H groups in total. The Morgan fingerprint density at radius 3 is 2.65 bits per heavy atom. The highest BCUT2D eigenvalue weighted by atomic mass is 32.2. The number of carbonyl (C=O) groups excluding carboxylic acids is 3. The van der Waals surface area contributed by atoms with Crippen molar-refractivity contribution in [3.8, 4) is 0 Å². The van der Waals surface area contributed by atoms with Crippen molar-refractivity contribution in [2.75, 3.05) is 23.4 Å². The van der Waals surface area contributed by atoms with Crippen molar-refractivity contribution in [2.45, 2.75) is 19.4 Å². The lowest BCUT2D eigenvalue weighted by Gasteiger charge is -2.14. The molecule has 0 unspecified atom stereocenters. The Bertz CT molecular complexity index is 907. The Morgan fingerprint density at radius 2 is 2.04 bits per heavy atom. The molecule has 1 atom stereocenters. The third kappa shape index (κ3) is 4.10. The summed E-state index contributed by atoms with van der Waals surface area (Å²) in [5.41, 5.74) is 1.54. The minimum absolute atomic E-state index is 0.0352. The molecule has 0 saturated carbocycles. The van der Waals surface area contributed by atoms with E-state index in [4.69, 9.17) is 0 Å². The molecule has 3 amide bonds. The van der Waals surface area contributed by atoms with E-state index in [9.17, 15) is 22.8 Å². The topological polar surface area (TPSA) is 113 Å². The van der Waals surface area contributed by atoms with Crippen molar-refractivity contribution in [1.82, 2.24) is 10.2 Å². The summed E-state index contributed by atoms with van der Waals surface area (Å²) in [6.45, 7) is 1.48. The van der Waals surface area contributed by atoms with E-state index in [2.05, 4.69) is 10.6 Å². The molecule has 1 aromatic carbocycles. The second-order valence-corrected chi connectivity index (χ2v) is 8.62. The van der Waals surface area contributed by atoms with E-state index >= 15 is 0 Å². The standard InChI is InChI=1S/C17H19N3O5S/c1-11(21)20-9-15(8-16(20)22)18-13-4-2-3-12(7-13)17(23)19-14-5-6-26(24,25)10-14/h2-4,7-8,14,18H,5-6,9-10H2,1H3,(H,19,23)/t14-/m1/s1. The fourth-order valence-electron chi connectivity index (χ4n) is 2.96. The van der Waals surface area contributed by atoms with Crippen molar-refractivity contribution in [1.29, 1.82) is 0 Å². The largest absolute Gasteiger partial charge is 0.357 e. The summed E-state index contributed by atoms with van der Waals surface area (Å²) in [7, 11) is -3.06. The number of rotatable bonds is 4. The molecule has 0 bridgehead atoms. The van der Waals surface area contributed by atoms with Crippen LogP contribution in [0.3, 0.4) is 0 Å². The van der Waals surface area contributed by atoms with Gasteiger partial charge in [-0.3, -0.25) is 19.3 Å². The van der Waals surface area contributed by atoms with Gasteiger partial charge in [-0.2, -0.15) is 0 Å².